The first-order valence-corrected chi connectivity index (χ1v) is 0.894. The molecule has 0 radical (unpaired) electrons. The van der Waals surface area contributed by atoms with Gasteiger partial charge in [-0.25, -0.2) is 0 Å². The van der Waals surface area contributed by atoms with Gasteiger partial charge in [-0.3, -0.25) is 0 Å². The molecule has 0 bridgehead atoms. The van der Waals surface area contributed by atoms with Gasteiger partial charge in [0.15, 0.2) is 0 Å². The molecule has 0 spiro atoms. The van der Waals surface area contributed by atoms with Crippen molar-refractivity contribution < 1.29 is 50.0 Å². The van der Waals surface area contributed by atoms with E-state index in [0.717, 1.165) is 0 Å². The molecule has 50 valence electrons. The molecule has 0 aliphatic heterocycles. The molecule has 0 saturated carbocycles. The fourth-order valence-corrected chi connectivity index (χ4v) is 0. The van der Waals surface area contributed by atoms with Gasteiger partial charge < -0.3 is 47.3 Å². The molecule has 0 saturated heterocycles. The van der Waals surface area contributed by atoms with Crippen molar-refractivity contribution >= 4 is 0 Å². The van der Waals surface area contributed by atoms with Gasteiger partial charge in [0, 0.05) is 20.4 Å². The second kappa shape index (κ2) is 3510. The predicted octanol–water partition coefficient (Wildman–Crippen LogP) is -2.61. The Kier molecular flexibility index (Phi) is 19100. The van der Waals surface area contributed by atoms with Crippen LogP contribution in [0.4, 0.5) is 0 Å². The average Bonchev–Trinajstić information content (AvgIpc) is 2.03. The summed E-state index contributed by atoms with van der Waals surface area (Å²) in [6.07, 6.45) is 0. The molecule has 0 amide bonds. The van der Waals surface area contributed by atoms with Crippen molar-refractivity contribution in [3.63, 3.8) is 0 Å². The van der Waals surface area contributed by atoms with Crippen molar-refractivity contribution in [2.45, 2.75) is 0 Å². The first kappa shape index (κ1) is 54.5. The normalized spacial score (nSPS) is 0.800. The molecule has 0 N–H and O–H groups in total. The van der Waals surface area contributed by atoms with E-state index in [1.54, 1.807) is 0 Å². The van der Waals surface area contributed by atoms with Crippen LogP contribution in [0.3, 0.4) is 0 Å². The minimum Gasteiger partial charge on any atom is -0.512 e. The van der Waals surface area contributed by atoms with Gasteiger partial charge in [-0.1, -0.05) is 0 Å². The first-order chi connectivity index (χ1) is 4.00. The Balaban J connectivity index is -0.00000000500. The molecular weight excluding hydrogens is 233 g/mol. The molecule has 0 unspecified atom stereocenters. The molecule has 0 fully saturated rings. The number of nitrogens with zero attached hydrogens (tertiary/aromatic N) is 4. The van der Waals surface area contributed by atoms with Crippen molar-refractivity contribution in [2.75, 3.05) is 0 Å². The maximum atomic E-state index is 6.25. The summed E-state index contributed by atoms with van der Waals surface area (Å²) in [5.41, 5.74) is 0. The van der Waals surface area contributed by atoms with Crippen molar-refractivity contribution in [1.29, 1.82) is 21.0 Å². The van der Waals surface area contributed by atoms with E-state index in [9.17, 15) is 0 Å². The molecule has 0 aliphatic rings. The Hall–Kier alpha value is -0.378. The Labute approximate surface area is 96.6 Å². The zero-order valence-electron chi connectivity index (χ0n) is 5.11. The number of rotatable bonds is 0. The van der Waals surface area contributed by atoms with Gasteiger partial charge in [-0.05, 0) is 0 Å². The van der Waals surface area contributed by atoms with Crippen LogP contribution < -0.4 is 29.6 Å². The second-order valence-corrected chi connectivity index (χ2v) is 0. The van der Waals surface area contributed by atoms with Gasteiger partial charge in [-0.15, -0.1) is 0 Å². The summed E-state index contributed by atoms with van der Waals surface area (Å²) in [5.74, 6) is 0. The van der Waals surface area contributed by atoms with E-state index in [2.05, 4.69) is 0 Å². The number of hydrogen-bond acceptors (Lipinski definition) is 4. The van der Waals surface area contributed by atoms with E-state index in [-0.39, 0.29) is 50.0 Å². The van der Waals surface area contributed by atoms with Crippen LogP contribution in [0.5, 0.6) is 0 Å². The summed E-state index contributed by atoms with van der Waals surface area (Å²) >= 11 is 0. The minimum atomic E-state index is 0. The summed E-state index contributed by atoms with van der Waals surface area (Å²) in [6.45, 7) is 19.0. The van der Waals surface area contributed by atoms with E-state index in [1.807, 2.05) is 0 Å². The van der Waals surface area contributed by atoms with E-state index in [0.29, 0.717) is 0 Å². The molecule has 0 aliphatic carbocycles. The Morgan fingerprint density at radius 1 is 0.500 bits per heavy atom. The van der Waals surface area contributed by atoms with Crippen LogP contribution in [0.15, 0.2) is 0 Å². The monoisotopic (exact) mass is 233 g/mol. The number of hydrogen-bond donors (Lipinski definition) is 0. The Morgan fingerprint density at radius 2 is 0.500 bits per heavy atom. The summed E-state index contributed by atoms with van der Waals surface area (Å²) in [4.78, 5) is 0. The van der Waals surface area contributed by atoms with Crippen LogP contribution in [0, 0.1) is 47.3 Å². The fourth-order valence-electron chi connectivity index (χ4n) is 0. The molecule has 10 heavy (non-hydrogen) atoms. The smallest absolute Gasteiger partial charge is 0.512 e. The van der Waals surface area contributed by atoms with Gasteiger partial charge in [0.25, 0.3) is 0 Å². The third kappa shape index (κ3) is 2340. The van der Waals surface area contributed by atoms with Crippen molar-refractivity contribution in [3.8, 4) is 0 Å². The molecule has 6 heteroatoms. The molecule has 0 aromatic carbocycles. The van der Waals surface area contributed by atoms with Crippen LogP contribution in [0.2, 0.25) is 0 Å². The van der Waals surface area contributed by atoms with Crippen LogP contribution >= 0.6 is 0 Å². The average molecular weight is 233 g/mol. The standard InChI is InChI=1S/4CN.Na.Pd/c4*1-2;;/q4*-1;+1;. The van der Waals surface area contributed by atoms with E-state index in [1.165, 1.54) is 0 Å². The Bertz CT molecular complexity index is 60.2. The molecule has 4 nitrogen and oxygen atoms in total. The van der Waals surface area contributed by atoms with Gasteiger partial charge >= 0.3 is 29.6 Å². The van der Waals surface area contributed by atoms with Crippen molar-refractivity contribution in [2.24, 2.45) is 0 Å². The topological polar surface area (TPSA) is 95.2 Å². The van der Waals surface area contributed by atoms with Crippen LogP contribution in [-0.2, 0) is 20.4 Å². The molecule has 0 rings (SSSR count). The maximum Gasteiger partial charge on any atom is 1.00 e. The molecule has 0 aromatic rings. The van der Waals surface area contributed by atoms with Gasteiger partial charge in [0.1, 0.15) is 0 Å². The minimum absolute atomic E-state index is 0. The second-order valence-electron chi connectivity index (χ2n) is 0. The Morgan fingerprint density at radius 3 is 0.500 bits per heavy atom. The quantitative estimate of drug-likeness (QED) is 0.338. The van der Waals surface area contributed by atoms with Crippen molar-refractivity contribution in [3.05, 3.63) is 26.3 Å². The van der Waals surface area contributed by atoms with E-state index < -0.39 is 0 Å². The van der Waals surface area contributed by atoms with E-state index >= 15 is 0 Å². The van der Waals surface area contributed by atoms with Crippen molar-refractivity contribution in [1.82, 2.24) is 0 Å². The predicted molar refractivity (Wildman–Crippen MR) is 19.9 cm³/mol. The largest absolute Gasteiger partial charge is 1.00 e. The van der Waals surface area contributed by atoms with Crippen LogP contribution in [0.25, 0.3) is 0 Å². The summed E-state index contributed by atoms with van der Waals surface area (Å²) in [6, 6.07) is 0. The summed E-state index contributed by atoms with van der Waals surface area (Å²) < 4.78 is 0. The summed E-state index contributed by atoms with van der Waals surface area (Å²) in [5, 5.41) is 25.0. The molecular formula is C4N4NaPd-3. The summed E-state index contributed by atoms with van der Waals surface area (Å²) in [7, 11) is 0. The van der Waals surface area contributed by atoms with E-state index in [4.69, 9.17) is 47.3 Å². The SMILES string of the molecule is [C-]#N.[C-]#N.[C-]#N.[C-]#N.[Na+].[Pd]. The van der Waals surface area contributed by atoms with Gasteiger partial charge in [0.2, 0.25) is 0 Å². The molecule has 0 aromatic heterocycles. The van der Waals surface area contributed by atoms with Gasteiger partial charge in [-0.2, -0.15) is 0 Å². The third-order valence-corrected chi connectivity index (χ3v) is 0. The zero-order valence-corrected chi connectivity index (χ0v) is 8.66. The third-order valence-electron chi connectivity index (χ3n) is 0. The zero-order chi connectivity index (χ0) is 8.00. The first-order valence-electron chi connectivity index (χ1n) is 0.894. The van der Waals surface area contributed by atoms with Crippen LogP contribution in [0.1, 0.15) is 0 Å². The molecule has 0 heterocycles. The molecule has 0 atom stereocenters. The maximum absolute atomic E-state index is 6.25. The fraction of sp³-hybridized carbons (Fsp3) is 0. The van der Waals surface area contributed by atoms with Crippen LogP contribution in [-0.4, -0.2) is 0 Å². The van der Waals surface area contributed by atoms with Gasteiger partial charge in [0.05, 0.1) is 0 Å².